The van der Waals surface area contributed by atoms with Gasteiger partial charge in [0.15, 0.2) is 23.1 Å². The van der Waals surface area contributed by atoms with Crippen LogP contribution in [-0.2, 0) is 9.13 Å². The minimum atomic E-state index is -4.36. The van der Waals surface area contributed by atoms with Crippen LogP contribution in [0.2, 0.25) is 0 Å². The molecule has 8 nitrogen and oxygen atoms in total. The highest BCUT2D eigenvalue weighted by Crippen LogP contribution is 2.52. The number of hydrogen-bond donors (Lipinski definition) is 4. The van der Waals surface area contributed by atoms with Gasteiger partial charge in [-0.05, 0) is 49.9 Å². The molecule has 0 saturated carbocycles. The van der Waals surface area contributed by atoms with Gasteiger partial charge in [-0.15, -0.1) is 0 Å². The molecule has 0 spiro atoms. The number of benzene rings is 2. The van der Waals surface area contributed by atoms with Crippen LogP contribution in [-0.4, -0.2) is 37.9 Å². The highest BCUT2D eigenvalue weighted by molar-refractivity contribution is 7.52. The second-order valence-electron chi connectivity index (χ2n) is 9.28. The minimum absolute atomic E-state index is 0.0328. The Kier molecular flexibility index (Phi) is 7.07. The maximum absolute atomic E-state index is 15.0. The van der Waals surface area contributed by atoms with E-state index in [9.17, 15) is 28.7 Å². The second-order valence-corrected chi connectivity index (χ2v) is 12.8. The molecule has 0 radical (unpaired) electrons. The third kappa shape index (κ3) is 5.49. The zero-order valence-electron chi connectivity index (χ0n) is 19.6. The number of allylic oxidation sites excluding steroid dienone is 2. The van der Waals surface area contributed by atoms with E-state index in [4.69, 9.17) is 4.74 Å². The molecular weight excluding hydrogens is 514 g/mol. The van der Waals surface area contributed by atoms with Crippen molar-refractivity contribution in [1.29, 1.82) is 0 Å². The number of hydrogen-bond acceptors (Lipinski definition) is 4. The van der Waals surface area contributed by atoms with Gasteiger partial charge in [0.1, 0.15) is 0 Å². The van der Waals surface area contributed by atoms with Crippen molar-refractivity contribution in [3.63, 3.8) is 0 Å². The number of halogens is 2. The van der Waals surface area contributed by atoms with Crippen LogP contribution in [0.25, 0.3) is 0 Å². The van der Waals surface area contributed by atoms with Gasteiger partial charge in [0, 0.05) is 5.41 Å². The van der Waals surface area contributed by atoms with Crippen molar-refractivity contribution in [3.05, 3.63) is 71.3 Å². The van der Waals surface area contributed by atoms with Crippen LogP contribution < -0.4 is 9.64 Å². The fourth-order valence-electron chi connectivity index (χ4n) is 4.45. The number of rotatable bonds is 7. The Bertz CT molecular complexity index is 1250. The van der Waals surface area contributed by atoms with Crippen molar-refractivity contribution in [1.82, 2.24) is 0 Å². The lowest BCUT2D eigenvalue weighted by Gasteiger charge is -2.39. The van der Waals surface area contributed by atoms with E-state index in [-0.39, 0.29) is 24.3 Å². The first-order chi connectivity index (χ1) is 16.7. The number of aryl methyl sites for hydroxylation is 2. The SMILES string of the molecule is Cc1ccc2c(c1F)Oc1c(ccc(C)c1F)N2C1C=CC(CCP(=O)(O)O)(CCP(=O)(O)O)C=C1. The fourth-order valence-corrected chi connectivity index (χ4v) is 5.87. The van der Waals surface area contributed by atoms with E-state index in [1.807, 2.05) is 0 Å². The zero-order chi connectivity index (χ0) is 26.5. The summed E-state index contributed by atoms with van der Waals surface area (Å²) in [7, 11) is -8.72. The number of ether oxygens (including phenoxy) is 1. The molecule has 0 amide bonds. The van der Waals surface area contributed by atoms with Crippen molar-refractivity contribution in [2.24, 2.45) is 5.41 Å². The maximum Gasteiger partial charge on any atom is 0.325 e. The lowest BCUT2D eigenvalue weighted by Crippen LogP contribution is -2.34. The van der Waals surface area contributed by atoms with Crippen LogP contribution in [0.15, 0.2) is 48.6 Å². The lowest BCUT2D eigenvalue weighted by atomic mass is 9.78. The van der Waals surface area contributed by atoms with Gasteiger partial charge in [-0.25, -0.2) is 8.78 Å². The van der Waals surface area contributed by atoms with E-state index in [1.54, 1.807) is 67.3 Å². The monoisotopic (exact) mass is 541 g/mol. The Hall–Kier alpha value is -2.32. The van der Waals surface area contributed by atoms with E-state index in [1.165, 1.54) is 0 Å². The summed E-state index contributed by atoms with van der Waals surface area (Å²) in [5.74, 6) is -1.47. The molecule has 0 saturated heterocycles. The third-order valence-corrected chi connectivity index (χ3v) is 8.16. The van der Waals surface area contributed by atoms with Crippen LogP contribution in [0.5, 0.6) is 11.5 Å². The minimum Gasteiger partial charge on any atom is -0.447 e. The van der Waals surface area contributed by atoms with Crippen LogP contribution in [0, 0.1) is 30.9 Å². The first-order valence-electron chi connectivity index (χ1n) is 11.2. The van der Waals surface area contributed by atoms with Gasteiger partial charge in [0.25, 0.3) is 0 Å². The topological polar surface area (TPSA) is 128 Å². The first-order valence-corrected chi connectivity index (χ1v) is 14.8. The molecule has 2 aromatic carbocycles. The summed E-state index contributed by atoms with van der Waals surface area (Å²) in [6.45, 7) is 3.14. The molecule has 1 heterocycles. The Morgan fingerprint density at radius 3 is 1.64 bits per heavy atom. The standard InChI is InChI=1S/C24H27F2NO7P2/c1-15-3-5-18-22(20(15)25)34-23-19(6-4-16(2)21(23)26)27(18)17-7-9-24(10-8-17,11-13-35(28,29)30)12-14-36(31,32)33/h3-10,17H,11-14H2,1-2H3,(H2,28,29,30)(H2,31,32,33). The molecule has 2 aromatic rings. The van der Waals surface area contributed by atoms with Crippen molar-refractivity contribution in [2.75, 3.05) is 17.2 Å². The van der Waals surface area contributed by atoms with Crippen LogP contribution in [0.3, 0.4) is 0 Å². The normalized spacial score (nSPS) is 17.1. The summed E-state index contributed by atoms with van der Waals surface area (Å²) in [6, 6.07) is 5.94. The maximum atomic E-state index is 15.0. The molecule has 0 atom stereocenters. The van der Waals surface area contributed by atoms with E-state index in [0.717, 1.165) is 0 Å². The van der Waals surface area contributed by atoms with Gasteiger partial charge in [0.05, 0.1) is 29.7 Å². The van der Waals surface area contributed by atoms with Crippen LogP contribution in [0.4, 0.5) is 20.2 Å². The zero-order valence-corrected chi connectivity index (χ0v) is 21.4. The molecule has 2 aliphatic rings. The molecule has 1 aliphatic heterocycles. The number of anilines is 2. The molecule has 0 fully saturated rings. The van der Waals surface area contributed by atoms with Gasteiger partial charge in [0.2, 0.25) is 0 Å². The van der Waals surface area contributed by atoms with Gasteiger partial charge in [-0.2, -0.15) is 0 Å². The Morgan fingerprint density at radius 2 is 1.25 bits per heavy atom. The van der Waals surface area contributed by atoms with Crippen LogP contribution >= 0.6 is 15.2 Å². The summed E-state index contributed by atoms with van der Waals surface area (Å²) in [6.07, 6.45) is 5.72. The smallest absolute Gasteiger partial charge is 0.325 e. The van der Waals surface area contributed by atoms with E-state index in [0.29, 0.717) is 22.5 Å². The van der Waals surface area contributed by atoms with Crippen LogP contribution in [0.1, 0.15) is 24.0 Å². The predicted octanol–water partition coefficient (Wildman–Crippen LogP) is 5.44. The molecule has 4 rings (SSSR count). The molecule has 36 heavy (non-hydrogen) atoms. The first kappa shape index (κ1) is 26.7. The molecule has 0 bridgehead atoms. The highest BCUT2D eigenvalue weighted by atomic mass is 31.2. The Balaban J connectivity index is 1.75. The van der Waals surface area contributed by atoms with Gasteiger partial charge < -0.3 is 29.2 Å². The molecule has 0 unspecified atom stereocenters. The van der Waals surface area contributed by atoms with E-state index >= 15 is 8.78 Å². The average Bonchev–Trinajstić information content (AvgIpc) is 2.80. The largest absolute Gasteiger partial charge is 0.447 e. The lowest BCUT2D eigenvalue weighted by molar-refractivity contribution is 0.347. The van der Waals surface area contributed by atoms with Gasteiger partial charge in [-0.1, -0.05) is 36.4 Å². The summed E-state index contributed by atoms with van der Waals surface area (Å²) < 4.78 is 58.8. The van der Waals surface area contributed by atoms with Crippen molar-refractivity contribution < 1.29 is 42.2 Å². The molecule has 12 heteroatoms. The van der Waals surface area contributed by atoms with Gasteiger partial charge >= 0.3 is 15.2 Å². The Labute approximate surface area is 207 Å². The summed E-state index contributed by atoms with van der Waals surface area (Å²) in [5, 5.41) is 0. The van der Waals surface area contributed by atoms with E-state index in [2.05, 4.69) is 0 Å². The van der Waals surface area contributed by atoms with E-state index < -0.39 is 50.6 Å². The second kappa shape index (κ2) is 9.53. The predicted molar refractivity (Wildman–Crippen MR) is 132 cm³/mol. The summed E-state index contributed by atoms with van der Waals surface area (Å²) >= 11 is 0. The number of fused-ring (bicyclic) bond motifs is 2. The molecular formula is C24H27F2NO7P2. The summed E-state index contributed by atoms with van der Waals surface area (Å²) in [5.41, 5.74) is 0.383. The fraction of sp³-hybridized carbons (Fsp3) is 0.333. The molecule has 4 N–H and O–H groups in total. The summed E-state index contributed by atoms with van der Waals surface area (Å²) in [4.78, 5) is 39.2. The number of nitrogens with zero attached hydrogens (tertiary/aromatic N) is 1. The third-order valence-electron chi connectivity index (χ3n) is 6.55. The quantitative estimate of drug-likeness (QED) is 0.270. The molecule has 194 valence electrons. The Morgan fingerprint density at radius 1 is 0.833 bits per heavy atom. The average molecular weight is 541 g/mol. The molecule has 0 aromatic heterocycles. The molecule has 1 aliphatic carbocycles. The van der Waals surface area contributed by atoms with Gasteiger partial charge in [-0.3, -0.25) is 9.13 Å². The van der Waals surface area contributed by atoms with Crippen molar-refractivity contribution >= 4 is 26.6 Å². The van der Waals surface area contributed by atoms with Crippen molar-refractivity contribution in [2.45, 2.75) is 32.7 Å². The highest BCUT2D eigenvalue weighted by Gasteiger charge is 2.37. The van der Waals surface area contributed by atoms with Crippen molar-refractivity contribution in [3.8, 4) is 11.5 Å².